The van der Waals surface area contributed by atoms with Gasteiger partial charge in [0.05, 0.1) is 10.6 Å². The van der Waals surface area contributed by atoms with Crippen molar-refractivity contribution in [3.05, 3.63) is 53.1 Å². The Morgan fingerprint density at radius 3 is 2.33 bits per heavy atom. The van der Waals surface area contributed by atoms with Crippen LogP contribution in [0.3, 0.4) is 0 Å². The number of aryl methyl sites for hydroxylation is 1. The molecule has 2 aromatic carbocycles. The van der Waals surface area contributed by atoms with Crippen molar-refractivity contribution < 1.29 is 18.3 Å². The number of rotatable bonds is 8. The fraction of sp³-hybridized carbons (Fsp3) is 0.316. The molecular weight excluding hydrogens is 388 g/mol. The zero-order chi connectivity index (χ0) is 20.0. The largest absolute Gasteiger partial charge is 0.506 e. The van der Waals surface area contributed by atoms with Crippen molar-refractivity contribution in [3.63, 3.8) is 0 Å². The van der Waals surface area contributed by atoms with Crippen LogP contribution in [0.25, 0.3) is 0 Å². The number of benzene rings is 2. The summed E-state index contributed by atoms with van der Waals surface area (Å²) in [5.74, 6) is -0.508. The predicted molar refractivity (Wildman–Crippen MR) is 107 cm³/mol. The lowest BCUT2D eigenvalue weighted by molar-refractivity contribution is -0.116. The molecule has 0 spiro atoms. The normalized spacial score (nSPS) is 11.6. The molecule has 0 fully saturated rings. The minimum atomic E-state index is -3.68. The van der Waals surface area contributed by atoms with Gasteiger partial charge < -0.3 is 10.4 Å². The molecule has 0 aliphatic rings. The first-order valence-corrected chi connectivity index (χ1v) is 10.5. The number of amides is 1. The van der Waals surface area contributed by atoms with Gasteiger partial charge in [0.15, 0.2) is 0 Å². The number of hydrogen-bond acceptors (Lipinski definition) is 4. The zero-order valence-electron chi connectivity index (χ0n) is 15.3. The van der Waals surface area contributed by atoms with Crippen LogP contribution in [0, 0.1) is 0 Å². The Kier molecular flexibility index (Phi) is 7.24. The third-order valence-corrected chi connectivity index (χ3v) is 6.44. The number of anilines is 1. The molecule has 8 heteroatoms. The molecule has 6 nitrogen and oxygen atoms in total. The number of nitrogens with zero attached hydrogens (tertiary/aromatic N) is 1. The van der Waals surface area contributed by atoms with Gasteiger partial charge in [-0.15, -0.1) is 0 Å². The minimum Gasteiger partial charge on any atom is -0.506 e. The Bertz CT molecular complexity index is 894. The molecule has 0 aromatic heterocycles. The molecule has 27 heavy (non-hydrogen) atoms. The maximum absolute atomic E-state index is 12.6. The quantitative estimate of drug-likeness (QED) is 0.650. The highest BCUT2D eigenvalue weighted by Gasteiger charge is 2.23. The van der Waals surface area contributed by atoms with Crippen LogP contribution in [0.5, 0.6) is 5.75 Å². The van der Waals surface area contributed by atoms with Crippen LogP contribution in [0.15, 0.2) is 47.4 Å². The van der Waals surface area contributed by atoms with Crippen molar-refractivity contribution in [3.8, 4) is 5.75 Å². The molecule has 146 valence electrons. The molecule has 1 amide bonds. The Morgan fingerprint density at radius 1 is 1.11 bits per heavy atom. The van der Waals surface area contributed by atoms with Gasteiger partial charge in [-0.25, -0.2) is 8.42 Å². The van der Waals surface area contributed by atoms with Crippen LogP contribution in [-0.2, 0) is 21.2 Å². The fourth-order valence-corrected chi connectivity index (χ4v) is 4.22. The van der Waals surface area contributed by atoms with E-state index in [9.17, 15) is 18.3 Å². The highest BCUT2D eigenvalue weighted by molar-refractivity contribution is 7.89. The first-order valence-electron chi connectivity index (χ1n) is 8.65. The maximum atomic E-state index is 12.6. The summed E-state index contributed by atoms with van der Waals surface area (Å²) in [6.07, 6.45) is 0.690. The lowest BCUT2D eigenvalue weighted by Crippen LogP contribution is -2.30. The van der Waals surface area contributed by atoms with E-state index in [2.05, 4.69) is 5.32 Å². The topological polar surface area (TPSA) is 86.7 Å². The van der Waals surface area contributed by atoms with Gasteiger partial charge in [0.2, 0.25) is 15.9 Å². The van der Waals surface area contributed by atoms with Crippen LogP contribution in [0.4, 0.5) is 5.69 Å². The summed E-state index contributed by atoms with van der Waals surface area (Å²) < 4.78 is 26.5. The van der Waals surface area contributed by atoms with Crippen LogP contribution >= 0.6 is 11.6 Å². The summed E-state index contributed by atoms with van der Waals surface area (Å²) in [7, 11) is -3.68. The second kappa shape index (κ2) is 9.21. The lowest BCUT2D eigenvalue weighted by Gasteiger charge is -2.19. The number of aromatic hydroxyl groups is 1. The third kappa shape index (κ3) is 5.45. The molecule has 0 saturated heterocycles. The maximum Gasteiger partial charge on any atom is 0.243 e. The minimum absolute atomic E-state index is 0.0250. The van der Waals surface area contributed by atoms with Gasteiger partial charge in [-0.3, -0.25) is 4.79 Å². The third-order valence-electron chi connectivity index (χ3n) is 4.14. The van der Waals surface area contributed by atoms with E-state index in [0.717, 1.165) is 5.56 Å². The van der Waals surface area contributed by atoms with E-state index < -0.39 is 10.0 Å². The Morgan fingerprint density at radius 2 is 1.74 bits per heavy atom. The van der Waals surface area contributed by atoms with Crippen molar-refractivity contribution in [1.29, 1.82) is 0 Å². The molecule has 0 atom stereocenters. The number of phenolic OH excluding ortho intramolecular Hbond substituents is 1. The van der Waals surface area contributed by atoms with Crippen molar-refractivity contribution >= 4 is 33.2 Å². The van der Waals surface area contributed by atoms with Crippen molar-refractivity contribution in [1.82, 2.24) is 4.31 Å². The molecular formula is C19H23ClN2O4S. The van der Waals surface area contributed by atoms with E-state index in [1.807, 2.05) is 12.1 Å². The summed E-state index contributed by atoms with van der Waals surface area (Å²) in [5, 5.41) is 13.2. The van der Waals surface area contributed by atoms with E-state index in [1.54, 1.807) is 26.0 Å². The van der Waals surface area contributed by atoms with E-state index in [4.69, 9.17) is 11.6 Å². The molecule has 2 rings (SSSR count). The van der Waals surface area contributed by atoms with E-state index >= 15 is 0 Å². The molecule has 0 aliphatic carbocycles. The van der Waals surface area contributed by atoms with Crippen LogP contribution in [0.2, 0.25) is 5.02 Å². The summed E-state index contributed by atoms with van der Waals surface area (Å²) in [4.78, 5) is 12.2. The zero-order valence-corrected chi connectivity index (χ0v) is 16.8. The van der Waals surface area contributed by atoms with Crippen LogP contribution in [0.1, 0.15) is 25.8 Å². The SMILES string of the molecule is CCN(CC)S(=O)(=O)c1ccc(O)c(NC(=O)CCc2ccc(Cl)cc2)c1. The lowest BCUT2D eigenvalue weighted by atomic mass is 10.1. The Balaban J connectivity index is 2.11. The molecule has 2 aromatic rings. The van der Waals surface area contributed by atoms with Crippen molar-refractivity contribution in [2.24, 2.45) is 0 Å². The summed E-state index contributed by atoms with van der Waals surface area (Å²) >= 11 is 5.83. The van der Waals surface area contributed by atoms with E-state index in [-0.39, 0.29) is 28.7 Å². The number of carbonyl (C=O) groups is 1. The van der Waals surface area contributed by atoms with Gasteiger partial charge in [0.25, 0.3) is 0 Å². The molecule has 2 N–H and O–H groups in total. The smallest absolute Gasteiger partial charge is 0.243 e. The molecule has 0 radical (unpaired) electrons. The van der Waals surface area contributed by atoms with Crippen LogP contribution < -0.4 is 5.32 Å². The summed E-state index contributed by atoms with van der Waals surface area (Å²) in [6.45, 7) is 4.17. The second-order valence-corrected chi connectivity index (χ2v) is 8.32. The van der Waals surface area contributed by atoms with Gasteiger partial charge in [0.1, 0.15) is 5.75 Å². The molecule has 0 aliphatic heterocycles. The first kappa shape index (κ1) is 21.2. The number of carbonyl (C=O) groups excluding carboxylic acids is 1. The number of halogens is 1. The predicted octanol–water partition coefficient (Wildman–Crippen LogP) is 3.65. The highest BCUT2D eigenvalue weighted by Crippen LogP contribution is 2.28. The second-order valence-electron chi connectivity index (χ2n) is 5.94. The average molecular weight is 411 g/mol. The standard InChI is InChI=1S/C19H23ClN2O4S/c1-3-22(4-2)27(25,26)16-10-11-18(23)17(13-16)21-19(24)12-7-14-5-8-15(20)9-6-14/h5-6,8-11,13,23H,3-4,7,12H2,1-2H3,(H,21,24). The molecule has 0 unspecified atom stereocenters. The van der Waals surface area contributed by atoms with Gasteiger partial charge >= 0.3 is 0 Å². The molecule has 0 bridgehead atoms. The van der Waals surface area contributed by atoms with Crippen molar-refractivity contribution in [2.75, 3.05) is 18.4 Å². The molecule has 0 heterocycles. The number of hydrogen-bond donors (Lipinski definition) is 2. The Labute approximate surface area is 164 Å². The van der Waals surface area contributed by atoms with Gasteiger partial charge in [-0.05, 0) is 42.3 Å². The molecule has 0 saturated carbocycles. The summed E-state index contributed by atoms with van der Waals surface area (Å²) in [6, 6.07) is 11.1. The van der Waals surface area contributed by atoms with E-state index in [0.29, 0.717) is 24.5 Å². The Hall–Kier alpha value is -2.09. The van der Waals surface area contributed by atoms with Crippen LogP contribution in [-0.4, -0.2) is 36.8 Å². The first-order chi connectivity index (χ1) is 12.8. The van der Waals surface area contributed by atoms with Gasteiger partial charge in [0, 0.05) is 24.5 Å². The number of phenols is 1. The average Bonchev–Trinajstić information content (AvgIpc) is 2.63. The number of sulfonamides is 1. The van der Waals surface area contributed by atoms with Gasteiger partial charge in [-0.2, -0.15) is 4.31 Å². The summed E-state index contributed by atoms with van der Waals surface area (Å²) in [5.41, 5.74) is 1.03. The van der Waals surface area contributed by atoms with E-state index in [1.165, 1.54) is 22.5 Å². The fourth-order valence-electron chi connectivity index (χ4n) is 2.61. The van der Waals surface area contributed by atoms with Gasteiger partial charge in [-0.1, -0.05) is 37.6 Å². The van der Waals surface area contributed by atoms with Crippen molar-refractivity contribution in [2.45, 2.75) is 31.6 Å². The monoisotopic (exact) mass is 410 g/mol. The highest BCUT2D eigenvalue weighted by atomic mass is 35.5. The number of nitrogens with one attached hydrogen (secondary N) is 1.